The number of phenolic OH excluding ortho intramolecular Hbond substituents is 1. The molecule has 0 radical (unpaired) electrons. The summed E-state index contributed by atoms with van der Waals surface area (Å²) in [5.41, 5.74) is 5.43. The van der Waals surface area contributed by atoms with Gasteiger partial charge in [-0.3, -0.25) is 0 Å². The van der Waals surface area contributed by atoms with Gasteiger partial charge in [0.1, 0.15) is 11.9 Å². The van der Waals surface area contributed by atoms with Gasteiger partial charge in [-0.2, -0.15) is 0 Å². The van der Waals surface area contributed by atoms with Crippen LogP contribution in [0.3, 0.4) is 0 Å². The number of fused-ring (bicyclic) bond motifs is 3. The summed E-state index contributed by atoms with van der Waals surface area (Å²) in [4.78, 5) is 11.9. The van der Waals surface area contributed by atoms with E-state index in [-0.39, 0.29) is 0 Å². The Labute approximate surface area is 160 Å². The lowest BCUT2D eigenvalue weighted by Crippen LogP contribution is -2.46. The molecule has 3 N–H and O–H groups in total. The largest absolute Gasteiger partial charge is 0.508 e. The fraction of sp³-hybridized carbons (Fsp3) is 0.409. The highest BCUT2D eigenvalue weighted by atomic mass is 16.4. The maximum atomic E-state index is 9.77. The number of benzene rings is 1. The molecule has 0 aromatic heterocycles. The quantitative estimate of drug-likeness (QED) is 0.709. The van der Waals surface area contributed by atoms with Gasteiger partial charge in [0, 0.05) is 12.2 Å². The lowest BCUT2D eigenvalue weighted by molar-refractivity contribution is -0.145. The summed E-state index contributed by atoms with van der Waals surface area (Å²) in [6.07, 6.45) is 4.38. The van der Waals surface area contributed by atoms with Crippen LogP contribution in [-0.4, -0.2) is 44.9 Å². The van der Waals surface area contributed by atoms with Crippen LogP contribution < -0.4 is 10.4 Å². The molecular formula is C22H29NO4. The van der Waals surface area contributed by atoms with Gasteiger partial charge in [-0.15, -0.1) is 0 Å². The molecule has 0 saturated heterocycles. The molecule has 0 amide bonds. The highest BCUT2D eigenvalue weighted by Gasteiger charge is 2.28. The minimum Gasteiger partial charge on any atom is -0.508 e. The van der Waals surface area contributed by atoms with Crippen LogP contribution in [0.1, 0.15) is 41.0 Å². The van der Waals surface area contributed by atoms with E-state index >= 15 is 0 Å². The maximum Gasteiger partial charge on any atom is 0.332 e. The van der Waals surface area contributed by atoms with Crippen LogP contribution in [0, 0.1) is 0 Å². The third kappa shape index (κ3) is 4.80. The predicted octanol–water partition coefficient (Wildman–Crippen LogP) is 2.12. The van der Waals surface area contributed by atoms with E-state index in [4.69, 9.17) is 10.2 Å². The number of allylic oxidation sites excluding steroid dienone is 3. The van der Waals surface area contributed by atoms with Crippen LogP contribution in [0.15, 0.2) is 41.6 Å². The molecule has 1 aromatic rings. The molecule has 2 unspecified atom stereocenters. The van der Waals surface area contributed by atoms with Gasteiger partial charge in [0.2, 0.25) is 0 Å². The van der Waals surface area contributed by atoms with Crippen molar-refractivity contribution in [3.8, 4) is 5.75 Å². The molecule has 2 atom stereocenters. The average molecular weight is 371 g/mol. The summed E-state index contributed by atoms with van der Waals surface area (Å²) in [6.45, 7) is 10.9. The summed E-state index contributed by atoms with van der Waals surface area (Å²) in [5.74, 6) is -0.833. The average Bonchev–Trinajstić information content (AvgIpc) is 2.58. The van der Waals surface area contributed by atoms with E-state index in [1.165, 1.54) is 39.8 Å². The number of hydrogen-bond acceptors (Lipinski definition) is 4. The first kappa shape index (κ1) is 20.8. The molecule has 5 heteroatoms. The number of phenols is 1. The van der Waals surface area contributed by atoms with Crippen molar-refractivity contribution in [2.24, 2.45) is 0 Å². The molecule has 1 aromatic carbocycles. The van der Waals surface area contributed by atoms with E-state index in [1.54, 1.807) is 6.07 Å². The minimum atomic E-state index is -1.23. The van der Waals surface area contributed by atoms with Crippen molar-refractivity contribution >= 4 is 17.1 Å². The van der Waals surface area contributed by atoms with Crippen molar-refractivity contribution < 1.29 is 20.1 Å². The molecule has 3 rings (SSSR count). The van der Waals surface area contributed by atoms with E-state index in [0.29, 0.717) is 11.8 Å². The molecule has 146 valence electrons. The molecule has 0 spiro atoms. The lowest BCUT2D eigenvalue weighted by Gasteiger charge is -2.40. The van der Waals surface area contributed by atoms with Crippen molar-refractivity contribution in [1.82, 2.24) is 4.90 Å². The molecule has 27 heavy (non-hydrogen) atoms. The van der Waals surface area contributed by atoms with E-state index < -0.39 is 12.1 Å². The Morgan fingerprint density at radius 2 is 1.93 bits per heavy atom. The molecule has 5 nitrogen and oxygen atoms in total. The molecule has 0 fully saturated rings. The highest BCUT2D eigenvalue weighted by Crippen LogP contribution is 2.31. The Kier molecular flexibility index (Phi) is 6.50. The standard InChI is InChI=1S/C19H23NO.C3H6O3/c1-12(2)7-8-20-13(3)9-15-10-19(20)14(4)17-6-5-16(21)11-18(15)17;1-2(4)3(5)6/h5-7,9,11,19,21H,8,10H2,1-4H3;2,4H,1H3,(H,5,6). The van der Waals surface area contributed by atoms with Crippen LogP contribution in [0.5, 0.6) is 5.75 Å². The van der Waals surface area contributed by atoms with Crippen molar-refractivity contribution in [1.29, 1.82) is 0 Å². The molecule has 1 heterocycles. The zero-order chi connectivity index (χ0) is 20.3. The van der Waals surface area contributed by atoms with Crippen LogP contribution in [0.2, 0.25) is 0 Å². The van der Waals surface area contributed by atoms with Crippen LogP contribution in [-0.2, 0) is 4.79 Å². The smallest absolute Gasteiger partial charge is 0.332 e. The van der Waals surface area contributed by atoms with Gasteiger partial charge < -0.3 is 20.2 Å². The van der Waals surface area contributed by atoms with Crippen LogP contribution in [0.25, 0.3) is 11.1 Å². The van der Waals surface area contributed by atoms with Gasteiger partial charge in [0.05, 0.1) is 6.04 Å². The van der Waals surface area contributed by atoms with E-state index in [0.717, 1.165) is 13.0 Å². The number of aliphatic hydroxyl groups is 1. The summed E-state index contributed by atoms with van der Waals surface area (Å²) < 4.78 is 0. The van der Waals surface area contributed by atoms with E-state index in [9.17, 15) is 9.90 Å². The minimum absolute atomic E-state index is 0.352. The summed E-state index contributed by atoms with van der Waals surface area (Å²) >= 11 is 0. The number of carboxylic acids is 1. The molecule has 1 aliphatic carbocycles. The molecule has 1 aliphatic heterocycles. The SMILES string of the molecule is CC(C)=CCN1C(C)=CC2=c3cc(O)ccc3=C(C)C1C2.CC(O)C(=O)O. The zero-order valence-corrected chi connectivity index (χ0v) is 16.7. The van der Waals surface area contributed by atoms with Gasteiger partial charge in [0.25, 0.3) is 0 Å². The first-order valence-electron chi connectivity index (χ1n) is 9.14. The number of aliphatic carboxylic acids is 1. The fourth-order valence-electron chi connectivity index (χ4n) is 3.41. The second kappa shape index (κ2) is 8.44. The van der Waals surface area contributed by atoms with Gasteiger partial charge in [0.15, 0.2) is 0 Å². The second-order valence-electron chi connectivity index (χ2n) is 7.39. The zero-order valence-electron chi connectivity index (χ0n) is 16.7. The van der Waals surface area contributed by atoms with Gasteiger partial charge in [-0.25, -0.2) is 4.79 Å². The Bertz CT molecular complexity index is 905. The normalized spacial score (nSPS) is 18.7. The molecule has 2 bridgehead atoms. The predicted molar refractivity (Wildman–Crippen MR) is 107 cm³/mol. The molecular weight excluding hydrogens is 342 g/mol. The van der Waals surface area contributed by atoms with Crippen molar-refractivity contribution in [2.45, 2.75) is 53.2 Å². The van der Waals surface area contributed by atoms with Crippen molar-refractivity contribution in [3.63, 3.8) is 0 Å². The Hall–Kier alpha value is -2.53. The summed E-state index contributed by atoms with van der Waals surface area (Å²) in [5, 5.41) is 28.0. The number of rotatable bonds is 3. The molecule has 2 aliphatic rings. The van der Waals surface area contributed by atoms with Gasteiger partial charge in [-0.05, 0) is 80.8 Å². The summed E-state index contributed by atoms with van der Waals surface area (Å²) in [7, 11) is 0. The lowest BCUT2D eigenvalue weighted by atomic mass is 9.85. The maximum absolute atomic E-state index is 9.77. The first-order valence-corrected chi connectivity index (χ1v) is 9.14. The molecule has 0 saturated carbocycles. The number of carboxylic acid groups (broad SMARTS) is 1. The number of aromatic hydroxyl groups is 1. The monoisotopic (exact) mass is 371 g/mol. The highest BCUT2D eigenvalue weighted by molar-refractivity contribution is 5.71. The Morgan fingerprint density at radius 3 is 2.48 bits per heavy atom. The van der Waals surface area contributed by atoms with Gasteiger partial charge in [-0.1, -0.05) is 17.7 Å². The van der Waals surface area contributed by atoms with Gasteiger partial charge >= 0.3 is 5.97 Å². The van der Waals surface area contributed by atoms with Crippen LogP contribution in [0.4, 0.5) is 0 Å². The Balaban J connectivity index is 0.000000380. The Morgan fingerprint density at radius 1 is 1.30 bits per heavy atom. The van der Waals surface area contributed by atoms with E-state index in [2.05, 4.69) is 50.8 Å². The van der Waals surface area contributed by atoms with Crippen molar-refractivity contribution in [2.75, 3.05) is 6.54 Å². The fourth-order valence-corrected chi connectivity index (χ4v) is 3.41. The number of hydrogen-bond donors (Lipinski definition) is 3. The third-order valence-electron chi connectivity index (χ3n) is 4.95. The third-order valence-corrected chi connectivity index (χ3v) is 4.95. The first-order chi connectivity index (χ1) is 12.6. The van der Waals surface area contributed by atoms with Crippen molar-refractivity contribution in [3.05, 3.63) is 52.1 Å². The van der Waals surface area contributed by atoms with Crippen LogP contribution >= 0.6 is 0 Å². The summed E-state index contributed by atoms with van der Waals surface area (Å²) in [6, 6.07) is 6.19. The number of aliphatic hydroxyl groups excluding tert-OH is 1. The topological polar surface area (TPSA) is 81.0 Å². The number of nitrogens with zero attached hydrogens (tertiary/aromatic N) is 1. The number of carbonyl (C=O) groups is 1. The second-order valence-corrected chi connectivity index (χ2v) is 7.39. The van der Waals surface area contributed by atoms with E-state index in [1.807, 2.05) is 6.07 Å².